The molecule has 6 nitrogen and oxygen atoms in total. The zero-order valence-corrected chi connectivity index (χ0v) is 13.0. The molecule has 2 N–H and O–H groups in total. The van der Waals surface area contributed by atoms with Gasteiger partial charge in [-0.25, -0.2) is 8.42 Å². The SMILES string of the molecule is CCS(=O)(=O)c1ccccc1NC(=O)C(C)C(C)C(=O)O. The standard InChI is InChI=1S/C14H19NO5S/c1-4-21(19,20)12-8-6-5-7-11(12)15-13(16)9(2)10(3)14(17)18/h5-10H,4H2,1-3H3,(H,15,16)(H,17,18). The lowest BCUT2D eigenvalue weighted by Gasteiger charge is -2.17. The summed E-state index contributed by atoms with van der Waals surface area (Å²) in [7, 11) is -3.47. The van der Waals surface area contributed by atoms with Crippen molar-refractivity contribution in [2.24, 2.45) is 11.8 Å². The number of nitrogens with one attached hydrogen (secondary N) is 1. The van der Waals surface area contributed by atoms with Gasteiger partial charge in [-0.05, 0) is 12.1 Å². The molecule has 0 aliphatic carbocycles. The van der Waals surface area contributed by atoms with Crippen LogP contribution in [-0.2, 0) is 19.4 Å². The molecule has 0 bridgehead atoms. The Kier molecular flexibility index (Phi) is 5.48. The summed E-state index contributed by atoms with van der Waals surface area (Å²) in [5.74, 6) is -3.32. The first kappa shape index (κ1) is 17.2. The first-order valence-corrected chi connectivity index (χ1v) is 8.21. The predicted molar refractivity (Wildman–Crippen MR) is 78.8 cm³/mol. The average molecular weight is 313 g/mol. The highest BCUT2D eigenvalue weighted by Crippen LogP contribution is 2.23. The van der Waals surface area contributed by atoms with Gasteiger partial charge in [-0.1, -0.05) is 32.9 Å². The highest BCUT2D eigenvalue weighted by atomic mass is 32.2. The number of carbonyl (C=O) groups excluding carboxylic acids is 1. The van der Waals surface area contributed by atoms with Gasteiger partial charge in [0.1, 0.15) is 0 Å². The molecule has 21 heavy (non-hydrogen) atoms. The molecule has 1 aromatic carbocycles. The van der Waals surface area contributed by atoms with E-state index in [4.69, 9.17) is 5.11 Å². The number of carbonyl (C=O) groups is 2. The first-order valence-electron chi connectivity index (χ1n) is 6.56. The van der Waals surface area contributed by atoms with Crippen LogP contribution in [0.3, 0.4) is 0 Å². The van der Waals surface area contributed by atoms with Gasteiger partial charge in [0.2, 0.25) is 5.91 Å². The molecular weight excluding hydrogens is 294 g/mol. The van der Waals surface area contributed by atoms with Crippen molar-refractivity contribution in [1.29, 1.82) is 0 Å². The van der Waals surface area contributed by atoms with Gasteiger partial charge >= 0.3 is 5.97 Å². The quantitative estimate of drug-likeness (QED) is 0.833. The highest BCUT2D eigenvalue weighted by molar-refractivity contribution is 7.91. The first-order chi connectivity index (χ1) is 9.70. The molecule has 0 saturated carbocycles. The maximum Gasteiger partial charge on any atom is 0.307 e. The predicted octanol–water partition coefficient (Wildman–Crippen LogP) is 1.78. The number of benzene rings is 1. The Hall–Kier alpha value is -1.89. The van der Waals surface area contributed by atoms with E-state index in [1.165, 1.54) is 32.9 Å². The summed E-state index contributed by atoms with van der Waals surface area (Å²) >= 11 is 0. The lowest BCUT2D eigenvalue weighted by molar-refractivity contribution is -0.145. The van der Waals surface area contributed by atoms with E-state index < -0.39 is 33.5 Å². The molecule has 0 heterocycles. The Morgan fingerprint density at radius 1 is 1.19 bits per heavy atom. The lowest BCUT2D eigenvalue weighted by Crippen LogP contribution is -2.30. The molecule has 2 unspecified atom stereocenters. The summed E-state index contributed by atoms with van der Waals surface area (Å²) in [5.41, 5.74) is 0.175. The van der Waals surface area contributed by atoms with Crippen LogP contribution in [0.1, 0.15) is 20.8 Å². The number of rotatable bonds is 6. The fourth-order valence-corrected chi connectivity index (χ4v) is 2.74. The molecular formula is C14H19NO5S. The van der Waals surface area contributed by atoms with Crippen molar-refractivity contribution in [1.82, 2.24) is 0 Å². The van der Waals surface area contributed by atoms with Crippen LogP contribution in [0.25, 0.3) is 0 Å². The molecule has 2 atom stereocenters. The fraction of sp³-hybridized carbons (Fsp3) is 0.429. The number of hydrogen-bond donors (Lipinski definition) is 2. The molecule has 1 aromatic rings. The molecule has 0 spiro atoms. The van der Waals surface area contributed by atoms with E-state index in [0.29, 0.717) is 0 Å². The largest absolute Gasteiger partial charge is 0.481 e. The minimum Gasteiger partial charge on any atom is -0.481 e. The van der Waals surface area contributed by atoms with Crippen molar-refractivity contribution in [3.8, 4) is 0 Å². The van der Waals surface area contributed by atoms with Crippen molar-refractivity contribution in [2.45, 2.75) is 25.7 Å². The summed E-state index contributed by atoms with van der Waals surface area (Å²) in [5, 5.41) is 11.4. The maximum atomic E-state index is 12.1. The normalized spacial score (nSPS) is 14.2. The Labute approximate surface area is 124 Å². The summed E-state index contributed by atoms with van der Waals surface area (Å²) in [6.07, 6.45) is 0. The van der Waals surface area contributed by atoms with Crippen molar-refractivity contribution >= 4 is 27.4 Å². The van der Waals surface area contributed by atoms with E-state index >= 15 is 0 Å². The Morgan fingerprint density at radius 3 is 2.29 bits per heavy atom. The van der Waals surface area contributed by atoms with Crippen molar-refractivity contribution in [3.63, 3.8) is 0 Å². The van der Waals surface area contributed by atoms with Gasteiger partial charge in [-0.15, -0.1) is 0 Å². The zero-order valence-electron chi connectivity index (χ0n) is 12.2. The molecule has 0 fully saturated rings. The van der Waals surface area contributed by atoms with E-state index in [1.807, 2.05) is 0 Å². The Bertz CT molecular complexity index is 639. The number of sulfone groups is 1. The summed E-state index contributed by atoms with van der Waals surface area (Å²) in [4.78, 5) is 23.0. The number of amides is 1. The van der Waals surface area contributed by atoms with Gasteiger partial charge in [0, 0.05) is 5.92 Å². The smallest absolute Gasteiger partial charge is 0.307 e. The van der Waals surface area contributed by atoms with Crippen molar-refractivity contribution in [2.75, 3.05) is 11.1 Å². The van der Waals surface area contributed by atoms with E-state index in [9.17, 15) is 18.0 Å². The van der Waals surface area contributed by atoms with Gasteiger partial charge in [0.25, 0.3) is 0 Å². The Balaban J connectivity index is 3.05. The second kappa shape index (κ2) is 6.71. The van der Waals surface area contributed by atoms with Crippen LogP contribution < -0.4 is 5.32 Å². The van der Waals surface area contributed by atoms with Crippen LogP contribution in [0, 0.1) is 11.8 Å². The molecule has 1 rings (SSSR count). The second-order valence-electron chi connectivity index (χ2n) is 4.80. The minimum absolute atomic E-state index is 0.0380. The third-order valence-corrected chi connectivity index (χ3v) is 5.20. The van der Waals surface area contributed by atoms with Crippen LogP contribution in [-0.4, -0.2) is 31.2 Å². The van der Waals surface area contributed by atoms with E-state index in [-0.39, 0.29) is 16.3 Å². The number of para-hydroxylation sites is 1. The molecule has 7 heteroatoms. The van der Waals surface area contributed by atoms with Crippen LogP contribution in [0.2, 0.25) is 0 Å². The number of carboxylic acid groups (broad SMARTS) is 1. The number of carboxylic acids is 1. The summed E-state index contributed by atoms with van der Waals surface area (Å²) < 4.78 is 23.9. The molecule has 0 aliphatic rings. The maximum absolute atomic E-state index is 12.1. The Morgan fingerprint density at radius 2 is 1.76 bits per heavy atom. The van der Waals surface area contributed by atoms with E-state index in [1.54, 1.807) is 12.1 Å². The molecule has 116 valence electrons. The van der Waals surface area contributed by atoms with Gasteiger partial charge in [-0.2, -0.15) is 0 Å². The van der Waals surface area contributed by atoms with Crippen LogP contribution in [0.4, 0.5) is 5.69 Å². The van der Waals surface area contributed by atoms with Crippen LogP contribution in [0.15, 0.2) is 29.2 Å². The lowest BCUT2D eigenvalue weighted by atomic mass is 9.95. The molecule has 1 amide bonds. The molecule has 0 aromatic heterocycles. The van der Waals surface area contributed by atoms with E-state index in [0.717, 1.165) is 0 Å². The number of anilines is 1. The monoisotopic (exact) mass is 313 g/mol. The number of hydrogen-bond acceptors (Lipinski definition) is 4. The highest BCUT2D eigenvalue weighted by Gasteiger charge is 2.27. The van der Waals surface area contributed by atoms with Gasteiger partial charge in [-0.3, -0.25) is 9.59 Å². The zero-order chi connectivity index (χ0) is 16.2. The van der Waals surface area contributed by atoms with Gasteiger partial charge < -0.3 is 10.4 Å². The van der Waals surface area contributed by atoms with Crippen molar-refractivity contribution in [3.05, 3.63) is 24.3 Å². The summed E-state index contributed by atoms with van der Waals surface area (Å²) in [6.45, 7) is 4.44. The molecule has 0 radical (unpaired) electrons. The van der Waals surface area contributed by atoms with Crippen LogP contribution >= 0.6 is 0 Å². The topological polar surface area (TPSA) is 101 Å². The second-order valence-corrected chi connectivity index (χ2v) is 7.05. The fourth-order valence-electron chi connectivity index (χ4n) is 1.68. The molecule has 0 aliphatic heterocycles. The average Bonchev–Trinajstić information content (AvgIpc) is 2.45. The van der Waals surface area contributed by atoms with E-state index in [2.05, 4.69) is 5.32 Å². The number of aliphatic carboxylic acids is 1. The van der Waals surface area contributed by atoms with Gasteiger partial charge in [0.15, 0.2) is 9.84 Å². The van der Waals surface area contributed by atoms with Crippen molar-refractivity contribution < 1.29 is 23.1 Å². The molecule has 0 saturated heterocycles. The summed E-state index contributed by atoms with van der Waals surface area (Å²) in [6, 6.07) is 6.08. The minimum atomic E-state index is -3.47. The van der Waals surface area contributed by atoms with Gasteiger partial charge in [0.05, 0.1) is 22.3 Å². The third kappa shape index (κ3) is 4.04. The third-order valence-electron chi connectivity index (χ3n) is 3.41. The van der Waals surface area contributed by atoms with Crippen LogP contribution in [0.5, 0.6) is 0 Å².